The van der Waals surface area contributed by atoms with Gasteiger partial charge in [-0.25, -0.2) is 8.42 Å². The number of anilines is 1. The van der Waals surface area contributed by atoms with Crippen molar-refractivity contribution in [2.45, 2.75) is 38.2 Å². The summed E-state index contributed by atoms with van der Waals surface area (Å²) in [6.07, 6.45) is 0.912. The molecule has 1 atom stereocenters. The van der Waals surface area contributed by atoms with Crippen LogP contribution in [0.2, 0.25) is 0 Å². The Kier molecular flexibility index (Phi) is 5.78. The van der Waals surface area contributed by atoms with E-state index in [4.69, 9.17) is 0 Å². The monoisotopic (exact) mass is 345 g/mol. The van der Waals surface area contributed by atoms with E-state index in [1.54, 1.807) is 18.2 Å². The Labute approximate surface area is 143 Å². The molecule has 0 aliphatic heterocycles. The van der Waals surface area contributed by atoms with E-state index in [-0.39, 0.29) is 5.75 Å². The number of amides is 1. The smallest absolute Gasteiger partial charge is 0.242 e. The first-order valence-corrected chi connectivity index (χ1v) is 9.70. The first kappa shape index (κ1) is 18.2. The Balaban J connectivity index is 2.07. The largest absolute Gasteiger partial charge is 0.325 e. The number of aryl methyl sites for hydroxylation is 2. The molecule has 0 spiro atoms. The lowest BCUT2D eigenvalue weighted by molar-refractivity contribution is -0.115. The lowest BCUT2D eigenvalue weighted by Crippen LogP contribution is -2.33. The Morgan fingerprint density at radius 3 is 2.33 bits per heavy atom. The molecule has 1 N–H and O–H groups in total. The minimum absolute atomic E-state index is 0.141. The highest BCUT2D eigenvalue weighted by molar-refractivity contribution is 7.92. The van der Waals surface area contributed by atoms with E-state index >= 15 is 0 Å². The Bertz CT molecular complexity index is 811. The maximum atomic E-state index is 12.5. The lowest BCUT2D eigenvalue weighted by Gasteiger charge is -2.14. The van der Waals surface area contributed by atoms with E-state index in [9.17, 15) is 13.2 Å². The Morgan fingerprint density at radius 1 is 1.08 bits per heavy atom. The number of hydrogen-bond acceptors (Lipinski definition) is 3. The number of benzene rings is 2. The molecule has 2 aromatic rings. The van der Waals surface area contributed by atoms with Crippen LogP contribution in [-0.4, -0.2) is 19.6 Å². The van der Waals surface area contributed by atoms with Crippen molar-refractivity contribution < 1.29 is 13.2 Å². The van der Waals surface area contributed by atoms with Crippen molar-refractivity contribution in [3.63, 3.8) is 0 Å². The summed E-state index contributed by atoms with van der Waals surface area (Å²) in [5.41, 5.74) is 3.46. The van der Waals surface area contributed by atoms with Crippen molar-refractivity contribution in [3.05, 3.63) is 65.2 Å². The van der Waals surface area contributed by atoms with Gasteiger partial charge in [0.15, 0.2) is 9.84 Å². The highest BCUT2D eigenvalue weighted by Crippen LogP contribution is 2.16. The molecule has 0 aliphatic rings. The van der Waals surface area contributed by atoms with Crippen LogP contribution in [0.1, 0.15) is 30.5 Å². The normalized spacial score (nSPS) is 12.6. The van der Waals surface area contributed by atoms with Gasteiger partial charge in [-0.05, 0) is 43.5 Å². The molecule has 0 heterocycles. The molecule has 4 nitrogen and oxygen atoms in total. The molecule has 2 rings (SSSR count). The number of nitrogens with one attached hydrogen (secondary N) is 1. The van der Waals surface area contributed by atoms with Crippen molar-refractivity contribution in [2.75, 3.05) is 5.32 Å². The second-order valence-corrected chi connectivity index (χ2v) is 8.30. The lowest BCUT2D eigenvalue weighted by atomic mass is 10.1. The first-order chi connectivity index (χ1) is 11.3. The van der Waals surface area contributed by atoms with Gasteiger partial charge in [-0.3, -0.25) is 4.79 Å². The zero-order valence-electron chi connectivity index (χ0n) is 14.2. The molecular formula is C19H23NO3S. The van der Waals surface area contributed by atoms with Gasteiger partial charge >= 0.3 is 0 Å². The summed E-state index contributed by atoms with van der Waals surface area (Å²) in [5, 5.41) is 1.57. The summed E-state index contributed by atoms with van der Waals surface area (Å²) >= 11 is 0. The van der Waals surface area contributed by atoms with Crippen LogP contribution >= 0.6 is 0 Å². The fourth-order valence-electron chi connectivity index (χ4n) is 2.39. The number of sulfone groups is 1. The van der Waals surface area contributed by atoms with Crippen LogP contribution in [0, 0.1) is 6.92 Å². The maximum Gasteiger partial charge on any atom is 0.242 e. The van der Waals surface area contributed by atoms with Gasteiger partial charge in [-0.2, -0.15) is 0 Å². The molecule has 24 heavy (non-hydrogen) atoms. The number of hydrogen-bond donors (Lipinski definition) is 1. The predicted molar refractivity (Wildman–Crippen MR) is 97.7 cm³/mol. The van der Waals surface area contributed by atoms with E-state index in [0.717, 1.165) is 17.5 Å². The summed E-state index contributed by atoms with van der Waals surface area (Å²) in [6, 6.07) is 14.7. The van der Waals surface area contributed by atoms with Gasteiger partial charge in [-0.15, -0.1) is 0 Å². The van der Waals surface area contributed by atoms with Gasteiger partial charge in [-0.1, -0.05) is 48.9 Å². The van der Waals surface area contributed by atoms with Gasteiger partial charge in [0.2, 0.25) is 5.91 Å². The minimum Gasteiger partial charge on any atom is -0.325 e. The minimum atomic E-state index is -3.57. The fourth-order valence-corrected chi connectivity index (χ4v) is 3.67. The molecular weight excluding hydrogens is 322 g/mol. The first-order valence-electron chi connectivity index (χ1n) is 7.98. The SMILES string of the molecule is CCc1ccc(NC(=O)[C@H](C)S(=O)(=O)Cc2cccc(C)c2)cc1. The van der Waals surface area contributed by atoms with E-state index in [0.29, 0.717) is 11.3 Å². The molecule has 0 radical (unpaired) electrons. The number of carbonyl (C=O) groups excluding carboxylic acids is 1. The van der Waals surface area contributed by atoms with Crippen molar-refractivity contribution in [3.8, 4) is 0 Å². The Morgan fingerprint density at radius 2 is 1.75 bits per heavy atom. The van der Waals surface area contributed by atoms with Crippen LogP contribution in [0.3, 0.4) is 0 Å². The standard InChI is InChI=1S/C19H23NO3S/c1-4-16-8-10-18(11-9-16)20-19(21)15(3)24(22,23)13-17-7-5-6-14(2)12-17/h5-12,15H,4,13H2,1-3H3,(H,20,21)/t15-/m0/s1. The van der Waals surface area contributed by atoms with Gasteiger partial charge in [0, 0.05) is 5.69 Å². The molecule has 0 unspecified atom stereocenters. The highest BCUT2D eigenvalue weighted by Gasteiger charge is 2.28. The van der Waals surface area contributed by atoms with Crippen molar-refractivity contribution >= 4 is 21.4 Å². The van der Waals surface area contributed by atoms with Gasteiger partial charge in [0.25, 0.3) is 0 Å². The van der Waals surface area contributed by atoms with Crippen molar-refractivity contribution in [1.29, 1.82) is 0 Å². The average Bonchev–Trinajstić information content (AvgIpc) is 2.54. The predicted octanol–water partition coefficient (Wildman–Crippen LogP) is 3.50. The summed E-state index contributed by atoms with van der Waals surface area (Å²) < 4.78 is 25.0. The van der Waals surface area contributed by atoms with Crippen LogP contribution < -0.4 is 5.32 Å². The van der Waals surface area contributed by atoms with E-state index in [1.807, 2.05) is 44.2 Å². The molecule has 0 aromatic heterocycles. The van der Waals surface area contributed by atoms with Crippen LogP contribution in [0.4, 0.5) is 5.69 Å². The third-order valence-electron chi connectivity index (χ3n) is 3.99. The molecule has 128 valence electrons. The zero-order valence-corrected chi connectivity index (χ0v) is 15.1. The van der Waals surface area contributed by atoms with Crippen molar-refractivity contribution in [2.24, 2.45) is 0 Å². The second-order valence-electron chi connectivity index (χ2n) is 5.98. The molecule has 0 fully saturated rings. The summed E-state index contributed by atoms with van der Waals surface area (Å²) in [5.74, 6) is -0.648. The summed E-state index contributed by atoms with van der Waals surface area (Å²) in [6.45, 7) is 5.39. The van der Waals surface area contributed by atoms with Gasteiger partial charge in [0.05, 0.1) is 5.75 Å². The summed E-state index contributed by atoms with van der Waals surface area (Å²) in [4.78, 5) is 12.3. The fraction of sp³-hybridized carbons (Fsp3) is 0.316. The number of rotatable bonds is 6. The third kappa shape index (κ3) is 4.68. The second kappa shape index (κ2) is 7.62. The molecule has 5 heteroatoms. The quantitative estimate of drug-likeness (QED) is 0.871. The summed E-state index contributed by atoms with van der Waals surface area (Å²) in [7, 11) is -3.57. The van der Waals surface area contributed by atoms with Crippen molar-refractivity contribution in [1.82, 2.24) is 0 Å². The van der Waals surface area contributed by atoms with Crippen LogP contribution in [-0.2, 0) is 26.8 Å². The Hall–Kier alpha value is -2.14. The van der Waals surface area contributed by atoms with Crippen LogP contribution in [0.25, 0.3) is 0 Å². The number of carbonyl (C=O) groups is 1. The molecule has 0 saturated heterocycles. The zero-order chi connectivity index (χ0) is 17.7. The van der Waals surface area contributed by atoms with E-state index < -0.39 is 21.0 Å². The molecule has 2 aromatic carbocycles. The molecule has 1 amide bonds. The van der Waals surface area contributed by atoms with Crippen LogP contribution in [0.5, 0.6) is 0 Å². The molecule has 0 aliphatic carbocycles. The molecule has 0 saturated carbocycles. The average molecular weight is 345 g/mol. The molecule has 0 bridgehead atoms. The van der Waals surface area contributed by atoms with E-state index in [1.165, 1.54) is 6.92 Å². The van der Waals surface area contributed by atoms with Crippen LogP contribution in [0.15, 0.2) is 48.5 Å². The maximum absolute atomic E-state index is 12.5. The highest BCUT2D eigenvalue weighted by atomic mass is 32.2. The van der Waals surface area contributed by atoms with Gasteiger partial charge < -0.3 is 5.32 Å². The van der Waals surface area contributed by atoms with E-state index in [2.05, 4.69) is 5.32 Å². The van der Waals surface area contributed by atoms with Gasteiger partial charge in [0.1, 0.15) is 5.25 Å². The third-order valence-corrected chi connectivity index (χ3v) is 6.02. The topological polar surface area (TPSA) is 63.2 Å².